The van der Waals surface area contributed by atoms with Crippen LogP contribution in [0.2, 0.25) is 10.0 Å². The number of amides is 2. The number of halogens is 2. The number of ether oxygens (including phenoxy) is 1. The summed E-state index contributed by atoms with van der Waals surface area (Å²) < 4.78 is 7.33. The maximum atomic E-state index is 12.9. The number of anilines is 2. The quantitative estimate of drug-likeness (QED) is 0.292. The number of aromatic nitrogens is 2. The van der Waals surface area contributed by atoms with Gasteiger partial charge in [0, 0.05) is 29.0 Å². The molecule has 4 rings (SSSR count). The molecule has 0 radical (unpaired) electrons. The second-order valence-electron chi connectivity index (χ2n) is 7.58. The highest BCUT2D eigenvalue weighted by Gasteiger charge is 2.19. The third-order valence-corrected chi connectivity index (χ3v) is 5.62. The van der Waals surface area contributed by atoms with Gasteiger partial charge in [-0.05, 0) is 55.0 Å². The molecule has 0 unspecified atom stereocenters. The molecule has 0 saturated heterocycles. The van der Waals surface area contributed by atoms with Crippen LogP contribution in [0, 0.1) is 0 Å². The Morgan fingerprint density at radius 2 is 1.69 bits per heavy atom. The summed E-state index contributed by atoms with van der Waals surface area (Å²) in [6.45, 7) is 2.72. The minimum Gasteiger partial charge on any atom is -0.487 e. The van der Waals surface area contributed by atoms with Crippen molar-refractivity contribution in [2.24, 2.45) is 0 Å². The van der Waals surface area contributed by atoms with Crippen molar-refractivity contribution in [3.63, 3.8) is 0 Å². The lowest BCUT2D eigenvalue weighted by molar-refractivity contribution is 0.102. The van der Waals surface area contributed by atoms with E-state index in [1.807, 2.05) is 25.1 Å². The molecular formula is C26H22Cl2N4O3. The van der Waals surface area contributed by atoms with E-state index in [2.05, 4.69) is 15.7 Å². The summed E-state index contributed by atoms with van der Waals surface area (Å²) in [4.78, 5) is 25.7. The number of para-hydroxylation sites is 1. The van der Waals surface area contributed by atoms with Crippen LogP contribution in [0.15, 0.2) is 79.0 Å². The SMILES string of the molecule is CCn1cc(NC(=O)c2ccc(COc3ccc(Cl)cc3Cl)cc2)c(C(=O)Nc2ccccc2)n1. The summed E-state index contributed by atoms with van der Waals surface area (Å²) in [5, 5.41) is 10.8. The number of carbonyl (C=O) groups is 2. The smallest absolute Gasteiger partial charge is 0.278 e. The summed E-state index contributed by atoms with van der Waals surface area (Å²) >= 11 is 12.0. The maximum Gasteiger partial charge on any atom is 0.278 e. The van der Waals surface area contributed by atoms with E-state index >= 15 is 0 Å². The van der Waals surface area contributed by atoms with E-state index in [-0.39, 0.29) is 18.2 Å². The number of benzene rings is 3. The normalized spacial score (nSPS) is 10.6. The average molecular weight is 509 g/mol. The van der Waals surface area contributed by atoms with Crippen LogP contribution in [0.25, 0.3) is 0 Å². The van der Waals surface area contributed by atoms with Crippen molar-refractivity contribution in [3.05, 3.63) is 106 Å². The van der Waals surface area contributed by atoms with Gasteiger partial charge in [-0.3, -0.25) is 14.3 Å². The van der Waals surface area contributed by atoms with Crippen LogP contribution < -0.4 is 15.4 Å². The van der Waals surface area contributed by atoms with Crippen molar-refractivity contribution in [2.75, 3.05) is 10.6 Å². The zero-order chi connectivity index (χ0) is 24.8. The van der Waals surface area contributed by atoms with Gasteiger partial charge >= 0.3 is 0 Å². The molecule has 35 heavy (non-hydrogen) atoms. The molecule has 2 N–H and O–H groups in total. The molecule has 4 aromatic rings. The summed E-state index contributed by atoms with van der Waals surface area (Å²) in [5.74, 6) is -0.248. The predicted octanol–water partition coefficient (Wildman–Crippen LogP) is 6.29. The topological polar surface area (TPSA) is 85.2 Å². The summed E-state index contributed by atoms with van der Waals surface area (Å²) in [5.41, 5.74) is 2.38. The number of hydrogen-bond donors (Lipinski definition) is 2. The Labute approximate surface area is 212 Å². The molecule has 1 heterocycles. The van der Waals surface area contributed by atoms with Gasteiger partial charge in [0.2, 0.25) is 0 Å². The monoisotopic (exact) mass is 508 g/mol. The van der Waals surface area contributed by atoms with Crippen molar-refractivity contribution in [1.82, 2.24) is 9.78 Å². The van der Waals surface area contributed by atoms with Crippen LogP contribution in [-0.2, 0) is 13.2 Å². The summed E-state index contributed by atoms with van der Waals surface area (Å²) in [7, 11) is 0. The number of hydrogen-bond acceptors (Lipinski definition) is 4. The Morgan fingerprint density at radius 3 is 2.37 bits per heavy atom. The molecule has 7 nitrogen and oxygen atoms in total. The van der Waals surface area contributed by atoms with Crippen LogP contribution in [0.5, 0.6) is 5.75 Å². The fraction of sp³-hybridized carbons (Fsp3) is 0.115. The van der Waals surface area contributed by atoms with Crippen LogP contribution >= 0.6 is 23.2 Å². The second-order valence-corrected chi connectivity index (χ2v) is 8.43. The van der Waals surface area contributed by atoms with Gasteiger partial charge in [0.05, 0.1) is 10.7 Å². The molecule has 0 bridgehead atoms. The van der Waals surface area contributed by atoms with Crippen molar-refractivity contribution < 1.29 is 14.3 Å². The largest absolute Gasteiger partial charge is 0.487 e. The van der Waals surface area contributed by atoms with Gasteiger partial charge in [0.15, 0.2) is 5.69 Å². The summed E-state index contributed by atoms with van der Waals surface area (Å²) in [6.07, 6.45) is 1.63. The molecule has 1 aromatic heterocycles. The van der Waals surface area contributed by atoms with E-state index < -0.39 is 5.91 Å². The van der Waals surface area contributed by atoms with E-state index in [9.17, 15) is 9.59 Å². The molecule has 0 atom stereocenters. The van der Waals surface area contributed by atoms with E-state index in [0.717, 1.165) is 5.56 Å². The molecule has 0 saturated carbocycles. The number of carbonyl (C=O) groups excluding carboxylic acids is 2. The number of aryl methyl sites for hydroxylation is 1. The van der Waals surface area contributed by atoms with E-state index in [0.29, 0.717) is 39.3 Å². The van der Waals surface area contributed by atoms with E-state index in [4.69, 9.17) is 27.9 Å². The molecule has 9 heteroatoms. The zero-order valence-corrected chi connectivity index (χ0v) is 20.3. The Kier molecular flexibility index (Phi) is 7.70. The molecule has 0 spiro atoms. The van der Waals surface area contributed by atoms with Crippen LogP contribution in [0.3, 0.4) is 0 Å². The molecular weight excluding hydrogens is 487 g/mol. The van der Waals surface area contributed by atoms with Gasteiger partial charge < -0.3 is 15.4 Å². The first-order valence-corrected chi connectivity index (χ1v) is 11.6. The molecule has 0 aliphatic rings. The Bertz CT molecular complexity index is 1340. The Hall–Kier alpha value is -3.81. The van der Waals surface area contributed by atoms with Crippen molar-refractivity contribution in [3.8, 4) is 5.75 Å². The highest BCUT2D eigenvalue weighted by Crippen LogP contribution is 2.28. The fourth-order valence-corrected chi connectivity index (χ4v) is 3.72. The minimum atomic E-state index is -0.410. The number of nitrogens with one attached hydrogen (secondary N) is 2. The van der Waals surface area contributed by atoms with Crippen molar-refractivity contribution in [2.45, 2.75) is 20.1 Å². The highest BCUT2D eigenvalue weighted by molar-refractivity contribution is 6.35. The van der Waals surface area contributed by atoms with Gasteiger partial charge in [0.1, 0.15) is 12.4 Å². The maximum absolute atomic E-state index is 12.9. The number of rotatable bonds is 8. The van der Waals surface area contributed by atoms with Gasteiger partial charge in [-0.15, -0.1) is 0 Å². The van der Waals surface area contributed by atoms with E-state index in [1.165, 1.54) is 0 Å². The molecule has 0 aliphatic carbocycles. The molecule has 178 valence electrons. The predicted molar refractivity (Wildman–Crippen MR) is 137 cm³/mol. The first-order valence-electron chi connectivity index (χ1n) is 10.8. The van der Waals surface area contributed by atoms with Gasteiger partial charge in [0.25, 0.3) is 11.8 Å². The molecule has 0 aliphatic heterocycles. The highest BCUT2D eigenvalue weighted by atomic mass is 35.5. The average Bonchev–Trinajstić information content (AvgIpc) is 3.27. The zero-order valence-electron chi connectivity index (χ0n) is 18.8. The van der Waals surface area contributed by atoms with E-state index in [1.54, 1.807) is 65.5 Å². The molecule has 3 aromatic carbocycles. The van der Waals surface area contributed by atoms with Crippen LogP contribution in [0.4, 0.5) is 11.4 Å². The first-order chi connectivity index (χ1) is 16.9. The van der Waals surface area contributed by atoms with Crippen LogP contribution in [-0.4, -0.2) is 21.6 Å². The lowest BCUT2D eigenvalue weighted by atomic mass is 10.1. The molecule has 2 amide bonds. The van der Waals surface area contributed by atoms with Gasteiger partial charge in [-0.25, -0.2) is 0 Å². The van der Waals surface area contributed by atoms with Crippen molar-refractivity contribution >= 4 is 46.4 Å². The third-order valence-electron chi connectivity index (χ3n) is 5.09. The summed E-state index contributed by atoms with van der Waals surface area (Å²) in [6, 6.07) is 21.0. The Morgan fingerprint density at radius 1 is 0.943 bits per heavy atom. The third kappa shape index (κ3) is 6.20. The number of nitrogens with zero attached hydrogens (tertiary/aromatic N) is 2. The second kappa shape index (κ2) is 11.1. The Balaban J connectivity index is 1.42. The molecule has 0 fully saturated rings. The van der Waals surface area contributed by atoms with Crippen molar-refractivity contribution in [1.29, 1.82) is 0 Å². The fourth-order valence-electron chi connectivity index (χ4n) is 3.25. The van der Waals surface area contributed by atoms with Gasteiger partial charge in [-0.2, -0.15) is 5.10 Å². The van der Waals surface area contributed by atoms with Crippen LogP contribution in [0.1, 0.15) is 33.3 Å². The lowest BCUT2D eigenvalue weighted by Gasteiger charge is -2.09. The standard InChI is InChI=1S/C26H22Cl2N4O3/c1-2-32-15-22(24(31-32)26(34)29-20-6-4-3-5-7-20)30-25(33)18-10-8-17(9-11-18)16-35-23-13-12-19(27)14-21(23)28/h3-15H,2,16H2,1H3,(H,29,34)(H,30,33). The first kappa shape index (κ1) is 24.3. The lowest BCUT2D eigenvalue weighted by Crippen LogP contribution is -2.18. The minimum absolute atomic E-state index is 0.133. The van der Waals surface area contributed by atoms with Gasteiger partial charge in [-0.1, -0.05) is 53.5 Å².